The molecule has 0 saturated carbocycles. The average Bonchev–Trinajstić information content (AvgIpc) is 2.25. The molecular formula is C11H15ClFNO2S. The summed E-state index contributed by atoms with van der Waals surface area (Å²) in [4.78, 5) is 0. The molecule has 0 N–H and O–H groups in total. The molecule has 3 nitrogen and oxygen atoms in total. The van der Waals surface area contributed by atoms with Crippen molar-refractivity contribution >= 4 is 21.6 Å². The van der Waals surface area contributed by atoms with Crippen molar-refractivity contribution in [2.45, 2.75) is 19.6 Å². The zero-order chi connectivity index (χ0) is 13.1. The fraction of sp³-hybridized carbons (Fsp3) is 0.455. The summed E-state index contributed by atoms with van der Waals surface area (Å²) in [5.74, 6) is -0.992. The third kappa shape index (κ3) is 3.40. The monoisotopic (exact) mass is 279 g/mol. The lowest BCUT2D eigenvalue weighted by Crippen LogP contribution is -2.32. The van der Waals surface area contributed by atoms with E-state index in [4.69, 9.17) is 11.6 Å². The predicted octanol–water partition coefficient (Wildman–Crippen LogP) is 2.65. The van der Waals surface area contributed by atoms with Crippen LogP contribution in [0.1, 0.15) is 19.4 Å². The van der Waals surface area contributed by atoms with Crippen LogP contribution < -0.4 is 0 Å². The number of benzene rings is 1. The van der Waals surface area contributed by atoms with Crippen molar-refractivity contribution in [2.24, 2.45) is 0 Å². The van der Waals surface area contributed by atoms with E-state index >= 15 is 0 Å². The molecule has 0 aromatic heterocycles. The molecule has 0 amide bonds. The maximum Gasteiger partial charge on any atom is 0.218 e. The molecule has 0 bridgehead atoms. The molecule has 1 rings (SSSR count). The van der Waals surface area contributed by atoms with E-state index < -0.39 is 21.6 Å². The largest absolute Gasteiger partial charge is 0.218 e. The van der Waals surface area contributed by atoms with Gasteiger partial charge in [-0.1, -0.05) is 31.5 Å². The van der Waals surface area contributed by atoms with Gasteiger partial charge in [-0.3, -0.25) is 0 Å². The fourth-order valence-corrected chi connectivity index (χ4v) is 3.50. The number of halogens is 2. The lowest BCUT2D eigenvalue weighted by Gasteiger charge is -2.18. The molecule has 96 valence electrons. The molecule has 17 heavy (non-hydrogen) atoms. The first kappa shape index (κ1) is 14.4. The summed E-state index contributed by atoms with van der Waals surface area (Å²) in [6.45, 7) is 4.21. The number of rotatable bonds is 5. The quantitative estimate of drug-likeness (QED) is 0.831. The van der Waals surface area contributed by atoms with Gasteiger partial charge in [-0.15, -0.1) is 0 Å². The molecular weight excluding hydrogens is 265 g/mol. The van der Waals surface area contributed by atoms with Crippen LogP contribution in [0.5, 0.6) is 0 Å². The first-order valence-electron chi connectivity index (χ1n) is 5.33. The van der Waals surface area contributed by atoms with E-state index in [0.717, 1.165) is 0 Å². The van der Waals surface area contributed by atoms with Crippen molar-refractivity contribution in [2.75, 3.05) is 13.1 Å². The highest BCUT2D eigenvalue weighted by atomic mass is 35.5. The molecule has 0 saturated heterocycles. The maximum atomic E-state index is 13.5. The summed E-state index contributed by atoms with van der Waals surface area (Å²) in [6, 6.07) is 4.14. The number of hydrogen-bond acceptors (Lipinski definition) is 2. The van der Waals surface area contributed by atoms with Crippen molar-refractivity contribution in [3.63, 3.8) is 0 Å². The molecule has 0 fully saturated rings. The van der Waals surface area contributed by atoms with Crippen LogP contribution in [-0.2, 0) is 15.8 Å². The summed E-state index contributed by atoms with van der Waals surface area (Å²) in [7, 11) is -3.51. The SMILES string of the molecule is CCN(CC)S(=O)(=O)Cc1c(F)cccc1Cl. The Morgan fingerprint density at radius 2 is 1.88 bits per heavy atom. The fourth-order valence-electron chi connectivity index (χ4n) is 1.56. The van der Waals surface area contributed by atoms with Gasteiger partial charge in [0.2, 0.25) is 10.0 Å². The molecule has 0 atom stereocenters. The number of hydrogen-bond donors (Lipinski definition) is 0. The molecule has 0 unspecified atom stereocenters. The first-order chi connectivity index (χ1) is 7.92. The predicted molar refractivity (Wildman–Crippen MR) is 67.0 cm³/mol. The van der Waals surface area contributed by atoms with Crippen LogP contribution in [0.4, 0.5) is 4.39 Å². The Bertz CT molecular complexity index is 466. The van der Waals surface area contributed by atoms with Gasteiger partial charge in [0, 0.05) is 23.7 Å². The average molecular weight is 280 g/mol. The standard InChI is InChI=1S/C11H15ClFNO2S/c1-3-14(4-2)17(15,16)8-9-10(12)6-5-7-11(9)13/h5-7H,3-4,8H2,1-2H3. The van der Waals surface area contributed by atoms with Gasteiger partial charge in [0.25, 0.3) is 0 Å². The van der Waals surface area contributed by atoms with E-state index in [0.29, 0.717) is 13.1 Å². The highest BCUT2D eigenvalue weighted by molar-refractivity contribution is 7.88. The Kier molecular flexibility index (Phi) is 4.91. The van der Waals surface area contributed by atoms with Crippen molar-refractivity contribution in [1.29, 1.82) is 0 Å². The minimum atomic E-state index is -3.51. The molecule has 1 aromatic rings. The van der Waals surface area contributed by atoms with Crippen LogP contribution in [0, 0.1) is 5.82 Å². The van der Waals surface area contributed by atoms with E-state index in [2.05, 4.69) is 0 Å². The summed E-state index contributed by atoms with van der Waals surface area (Å²) in [5.41, 5.74) is 0.0288. The summed E-state index contributed by atoms with van der Waals surface area (Å²) < 4.78 is 38.7. The van der Waals surface area contributed by atoms with Crippen molar-refractivity contribution in [3.8, 4) is 0 Å². The maximum absolute atomic E-state index is 13.5. The molecule has 1 aromatic carbocycles. The molecule has 0 radical (unpaired) electrons. The molecule has 0 aliphatic carbocycles. The van der Waals surface area contributed by atoms with Crippen LogP contribution in [-0.4, -0.2) is 25.8 Å². The highest BCUT2D eigenvalue weighted by Crippen LogP contribution is 2.22. The smallest absolute Gasteiger partial charge is 0.212 e. The minimum Gasteiger partial charge on any atom is -0.212 e. The molecule has 6 heteroatoms. The Balaban J connectivity index is 3.06. The highest BCUT2D eigenvalue weighted by Gasteiger charge is 2.22. The van der Waals surface area contributed by atoms with E-state index in [1.807, 2.05) is 0 Å². The zero-order valence-corrected chi connectivity index (χ0v) is 11.4. The number of nitrogens with zero attached hydrogens (tertiary/aromatic N) is 1. The lowest BCUT2D eigenvalue weighted by molar-refractivity contribution is 0.443. The second kappa shape index (κ2) is 5.80. The van der Waals surface area contributed by atoms with Crippen LogP contribution in [0.15, 0.2) is 18.2 Å². The van der Waals surface area contributed by atoms with E-state index in [1.165, 1.54) is 22.5 Å². The Morgan fingerprint density at radius 3 is 2.35 bits per heavy atom. The van der Waals surface area contributed by atoms with Crippen LogP contribution in [0.2, 0.25) is 5.02 Å². The zero-order valence-electron chi connectivity index (χ0n) is 9.78. The Morgan fingerprint density at radius 1 is 1.29 bits per heavy atom. The summed E-state index contributed by atoms with van der Waals surface area (Å²) in [6.07, 6.45) is 0. The lowest BCUT2D eigenvalue weighted by atomic mass is 10.2. The van der Waals surface area contributed by atoms with Gasteiger partial charge in [0.05, 0.1) is 5.75 Å². The van der Waals surface area contributed by atoms with Gasteiger partial charge >= 0.3 is 0 Å². The number of sulfonamides is 1. The van der Waals surface area contributed by atoms with Gasteiger partial charge in [0.15, 0.2) is 0 Å². The third-order valence-electron chi connectivity index (χ3n) is 2.49. The van der Waals surface area contributed by atoms with Gasteiger partial charge in [-0.25, -0.2) is 17.1 Å². The second-order valence-electron chi connectivity index (χ2n) is 3.54. The second-order valence-corrected chi connectivity index (χ2v) is 5.92. The Labute approximate surface area is 106 Å². The molecule has 0 aliphatic heterocycles. The summed E-state index contributed by atoms with van der Waals surface area (Å²) in [5, 5.41) is 0.140. The van der Waals surface area contributed by atoms with E-state index in [9.17, 15) is 12.8 Å². The Hall–Kier alpha value is -0.650. The summed E-state index contributed by atoms with van der Waals surface area (Å²) >= 11 is 5.80. The molecule has 0 spiro atoms. The van der Waals surface area contributed by atoms with Gasteiger partial charge < -0.3 is 0 Å². The van der Waals surface area contributed by atoms with E-state index in [-0.39, 0.29) is 10.6 Å². The minimum absolute atomic E-state index is 0.0288. The normalized spacial score (nSPS) is 12.1. The van der Waals surface area contributed by atoms with Crippen LogP contribution in [0.3, 0.4) is 0 Å². The van der Waals surface area contributed by atoms with Crippen molar-refractivity contribution in [3.05, 3.63) is 34.6 Å². The molecule has 0 aliphatic rings. The first-order valence-corrected chi connectivity index (χ1v) is 7.31. The van der Waals surface area contributed by atoms with E-state index in [1.54, 1.807) is 13.8 Å². The van der Waals surface area contributed by atoms with Crippen molar-refractivity contribution < 1.29 is 12.8 Å². The van der Waals surface area contributed by atoms with Gasteiger partial charge in [0.1, 0.15) is 5.82 Å². The van der Waals surface area contributed by atoms with Gasteiger partial charge in [-0.2, -0.15) is 0 Å². The van der Waals surface area contributed by atoms with Gasteiger partial charge in [-0.05, 0) is 12.1 Å². The molecule has 0 heterocycles. The van der Waals surface area contributed by atoms with Crippen LogP contribution in [0.25, 0.3) is 0 Å². The topological polar surface area (TPSA) is 37.4 Å². The van der Waals surface area contributed by atoms with Crippen LogP contribution >= 0.6 is 11.6 Å². The van der Waals surface area contributed by atoms with Crippen molar-refractivity contribution in [1.82, 2.24) is 4.31 Å². The third-order valence-corrected chi connectivity index (χ3v) is 4.80.